The molecular formula is C29H29N5O2. The third-order valence-electron chi connectivity index (χ3n) is 7.08. The Hall–Kier alpha value is -4.13. The molecule has 0 radical (unpaired) electrons. The van der Waals surface area contributed by atoms with Gasteiger partial charge < -0.3 is 9.80 Å². The molecule has 7 nitrogen and oxygen atoms in total. The van der Waals surface area contributed by atoms with Gasteiger partial charge in [-0.3, -0.25) is 24.5 Å². The van der Waals surface area contributed by atoms with Crippen LogP contribution in [0.5, 0.6) is 0 Å². The van der Waals surface area contributed by atoms with Gasteiger partial charge >= 0.3 is 0 Å². The number of fused-ring (bicyclic) bond motifs is 1. The highest BCUT2D eigenvalue weighted by Crippen LogP contribution is 2.28. The Morgan fingerprint density at radius 2 is 1.61 bits per heavy atom. The first-order chi connectivity index (χ1) is 17.6. The molecule has 36 heavy (non-hydrogen) atoms. The molecular weight excluding hydrogens is 450 g/mol. The van der Waals surface area contributed by atoms with Gasteiger partial charge in [-0.25, -0.2) is 0 Å². The van der Waals surface area contributed by atoms with Gasteiger partial charge in [-0.2, -0.15) is 0 Å². The molecule has 1 atom stereocenters. The van der Waals surface area contributed by atoms with E-state index in [9.17, 15) is 9.59 Å². The van der Waals surface area contributed by atoms with Crippen LogP contribution in [0.15, 0.2) is 85.3 Å². The van der Waals surface area contributed by atoms with Crippen molar-refractivity contribution in [2.24, 2.45) is 5.92 Å². The zero-order chi connectivity index (χ0) is 24.9. The molecule has 0 saturated carbocycles. The average Bonchev–Trinajstić information content (AvgIpc) is 2.95. The molecule has 7 heteroatoms. The van der Waals surface area contributed by atoms with Crippen molar-refractivity contribution >= 4 is 22.8 Å². The Bertz CT molecular complexity index is 1340. The van der Waals surface area contributed by atoms with Crippen LogP contribution in [-0.4, -0.2) is 62.7 Å². The van der Waals surface area contributed by atoms with Crippen molar-refractivity contribution < 1.29 is 9.59 Å². The Labute approximate surface area is 210 Å². The second-order valence-electron chi connectivity index (χ2n) is 9.28. The van der Waals surface area contributed by atoms with Crippen molar-refractivity contribution in [3.63, 3.8) is 0 Å². The summed E-state index contributed by atoms with van der Waals surface area (Å²) >= 11 is 0. The molecule has 0 N–H and O–H groups in total. The maximum absolute atomic E-state index is 13.3. The van der Waals surface area contributed by atoms with E-state index in [2.05, 4.69) is 27.1 Å². The highest BCUT2D eigenvalue weighted by molar-refractivity contribution is 5.97. The number of amides is 2. The molecule has 5 rings (SSSR count). The number of carbonyl (C=O) groups excluding carboxylic acids is 2. The molecule has 0 unspecified atom stereocenters. The molecule has 3 heterocycles. The van der Waals surface area contributed by atoms with Crippen molar-refractivity contribution in [3.05, 3.63) is 102 Å². The number of benzene rings is 2. The summed E-state index contributed by atoms with van der Waals surface area (Å²) in [5, 5.41) is 0. The molecule has 0 spiro atoms. The first-order valence-electron chi connectivity index (χ1n) is 12.3. The molecule has 182 valence electrons. The highest BCUT2D eigenvalue weighted by Gasteiger charge is 2.33. The van der Waals surface area contributed by atoms with E-state index in [-0.39, 0.29) is 23.8 Å². The Kier molecular flexibility index (Phi) is 6.98. The van der Waals surface area contributed by atoms with Crippen molar-refractivity contribution in [3.8, 4) is 0 Å². The zero-order valence-electron chi connectivity index (χ0n) is 20.3. The van der Waals surface area contributed by atoms with Crippen LogP contribution >= 0.6 is 0 Å². The summed E-state index contributed by atoms with van der Waals surface area (Å²) in [5.74, 6) is 0.209. The number of likely N-dealkylation sites (tertiary alicyclic amines) is 1. The number of aromatic nitrogens is 3. The van der Waals surface area contributed by atoms with E-state index >= 15 is 0 Å². The summed E-state index contributed by atoms with van der Waals surface area (Å²) in [7, 11) is 1.87. The largest absolute Gasteiger partial charge is 0.339 e. The number of hydrogen-bond acceptors (Lipinski definition) is 5. The fraction of sp³-hybridized carbons (Fsp3) is 0.276. The minimum atomic E-state index is -0.0766. The lowest BCUT2D eigenvalue weighted by Crippen LogP contribution is -2.48. The smallest absolute Gasteiger partial charge is 0.272 e. The molecule has 2 aromatic heterocycles. The molecule has 4 aromatic rings. The lowest BCUT2D eigenvalue weighted by molar-refractivity contribution is 0.0519. The number of likely N-dealkylation sites (N-methyl/N-ethyl adjacent to an activating group) is 1. The van der Waals surface area contributed by atoms with Gasteiger partial charge in [-0.05, 0) is 61.1 Å². The third-order valence-corrected chi connectivity index (χ3v) is 7.08. The maximum atomic E-state index is 13.3. The van der Waals surface area contributed by atoms with Gasteiger partial charge in [0.25, 0.3) is 11.8 Å². The van der Waals surface area contributed by atoms with E-state index in [1.165, 1.54) is 5.56 Å². The van der Waals surface area contributed by atoms with Crippen molar-refractivity contribution in [1.29, 1.82) is 0 Å². The van der Waals surface area contributed by atoms with E-state index in [1.54, 1.807) is 24.7 Å². The van der Waals surface area contributed by atoms with E-state index in [1.807, 2.05) is 65.4 Å². The van der Waals surface area contributed by atoms with Crippen LogP contribution in [0.3, 0.4) is 0 Å². The van der Waals surface area contributed by atoms with Gasteiger partial charge in [-0.1, -0.05) is 36.4 Å². The van der Waals surface area contributed by atoms with Crippen LogP contribution in [0.25, 0.3) is 11.0 Å². The van der Waals surface area contributed by atoms with Crippen LogP contribution in [0, 0.1) is 5.92 Å². The van der Waals surface area contributed by atoms with Gasteiger partial charge in [0.2, 0.25) is 0 Å². The van der Waals surface area contributed by atoms with Gasteiger partial charge in [-0.15, -0.1) is 0 Å². The number of piperidine rings is 1. The fourth-order valence-electron chi connectivity index (χ4n) is 5.06. The number of rotatable bonds is 6. The second-order valence-corrected chi connectivity index (χ2v) is 9.28. The van der Waals surface area contributed by atoms with Crippen LogP contribution in [0.4, 0.5) is 0 Å². The van der Waals surface area contributed by atoms with Crippen LogP contribution in [-0.2, 0) is 6.42 Å². The quantitative estimate of drug-likeness (QED) is 0.413. The monoisotopic (exact) mass is 479 g/mol. The topological polar surface area (TPSA) is 79.3 Å². The molecule has 0 aliphatic carbocycles. The summed E-state index contributed by atoms with van der Waals surface area (Å²) in [6.07, 6.45) is 7.36. The SMILES string of the molecule is CN(C(=O)c1ccccn1)[C@@H](Cc1ccccc1)C1CCN(C(=O)c2ccc3nccnc3c2)CC1. The second kappa shape index (κ2) is 10.6. The Morgan fingerprint density at radius 1 is 0.889 bits per heavy atom. The summed E-state index contributed by atoms with van der Waals surface area (Å²) in [5.41, 5.74) is 3.77. The van der Waals surface area contributed by atoms with Crippen molar-refractivity contribution in [2.75, 3.05) is 20.1 Å². The fourth-order valence-corrected chi connectivity index (χ4v) is 5.06. The minimum Gasteiger partial charge on any atom is -0.339 e. The van der Waals surface area contributed by atoms with Gasteiger partial charge in [0.1, 0.15) is 5.69 Å². The number of hydrogen-bond donors (Lipinski definition) is 0. The third kappa shape index (κ3) is 5.10. The van der Waals surface area contributed by atoms with E-state index in [0.29, 0.717) is 24.3 Å². The summed E-state index contributed by atoms with van der Waals surface area (Å²) < 4.78 is 0. The number of pyridine rings is 1. The molecule has 1 aliphatic heterocycles. The first-order valence-corrected chi connectivity index (χ1v) is 12.3. The van der Waals surface area contributed by atoms with Crippen molar-refractivity contribution in [1.82, 2.24) is 24.8 Å². The highest BCUT2D eigenvalue weighted by atomic mass is 16.2. The van der Waals surface area contributed by atoms with E-state index in [4.69, 9.17) is 0 Å². The summed E-state index contributed by atoms with van der Waals surface area (Å²) in [6.45, 7) is 1.30. The Morgan fingerprint density at radius 3 is 2.33 bits per heavy atom. The lowest BCUT2D eigenvalue weighted by atomic mass is 9.84. The number of carbonyl (C=O) groups is 2. The van der Waals surface area contributed by atoms with Gasteiger partial charge in [0, 0.05) is 50.3 Å². The van der Waals surface area contributed by atoms with Crippen LogP contribution in [0.2, 0.25) is 0 Å². The standard InChI is InChI=1S/C29H29N5O2/c1-33(29(36)25-9-5-6-14-30-25)27(19-21-7-3-2-4-8-21)22-12-17-34(18-13-22)28(35)23-10-11-24-26(20-23)32-16-15-31-24/h2-11,14-16,20,22,27H,12-13,17-19H2,1H3/t27-/m0/s1. The minimum absolute atomic E-state index is 0.00935. The van der Waals surface area contributed by atoms with Gasteiger partial charge in [0.05, 0.1) is 11.0 Å². The molecule has 1 saturated heterocycles. The van der Waals surface area contributed by atoms with Crippen molar-refractivity contribution in [2.45, 2.75) is 25.3 Å². The van der Waals surface area contributed by atoms with Gasteiger partial charge in [0.15, 0.2) is 0 Å². The zero-order valence-corrected chi connectivity index (χ0v) is 20.3. The molecule has 1 fully saturated rings. The molecule has 2 aromatic carbocycles. The molecule has 2 amide bonds. The predicted octanol–water partition coefficient (Wildman–Crippen LogP) is 4.26. The lowest BCUT2D eigenvalue weighted by Gasteiger charge is -2.40. The predicted molar refractivity (Wildman–Crippen MR) is 138 cm³/mol. The maximum Gasteiger partial charge on any atom is 0.272 e. The summed E-state index contributed by atoms with van der Waals surface area (Å²) in [4.78, 5) is 43.2. The normalized spacial score (nSPS) is 15.0. The number of nitrogens with zero attached hydrogens (tertiary/aromatic N) is 5. The van der Waals surface area contributed by atoms with Crippen LogP contribution < -0.4 is 0 Å². The van der Waals surface area contributed by atoms with E-state index < -0.39 is 0 Å². The molecule has 1 aliphatic rings. The summed E-state index contributed by atoms with van der Waals surface area (Å²) in [6, 6.07) is 21.2. The first kappa shape index (κ1) is 23.6. The average molecular weight is 480 g/mol. The van der Waals surface area contributed by atoms with E-state index in [0.717, 1.165) is 30.3 Å². The Balaban J connectivity index is 1.31. The molecule has 0 bridgehead atoms. The van der Waals surface area contributed by atoms with Crippen LogP contribution in [0.1, 0.15) is 39.3 Å².